The maximum absolute atomic E-state index is 11.4. The number of carbonyl (C=O) groups is 1. The summed E-state index contributed by atoms with van der Waals surface area (Å²) in [6.07, 6.45) is 4.73. The van der Waals surface area contributed by atoms with Gasteiger partial charge in [0, 0.05) is 18.2 Å². The van der Waals surface area contributed by atoms with E-state index in [2.05, 4.69) is 11.4 Å². The molecule has 16 heavy (non-hydrogen) atoms. The van der Waals surface area contributed by atoms with Gasteiger partial charge in [-0.1, -0.05) is 12.1 Å². The largest absolute Gasteiger partial charge is 0.399 e. The molecular formula is C13H18N2O. The first-order chi connectivity index (χ1) is 7.74. The zero-order chi connectivity index (χ0) is 11.4. The van der Waals surface area contributed by atoms with E-state index >= 15 is 0 Å². The number of benzene rings is 1. The minimum Gasteiger partial charge on any atom is -0.399 e. The number of nitrogens with two attached hydrogens (primary N) is 1. The summed E-state index contributed by atoms with van der Waals surface area (Å²) in [5.74, 6) is 0.186. The molecule has 0 atom stereocenters. The van der Waals surface area contributed by atoms with Crippen molar-refractivity contribution in [3.63, 3.8) is 0 Å². The highest BCUT2D eigenvalue weighted by Gasteiger charge is 2.22. The van der Waals surface area contributed by atoms with Gasteiger partial charge in [0.1, 0.15) is 0 Å². The number of hydrogen-bond acceptors (Lipinski definition) is 2. The summed E-state index contributed by atoms with van der Waals surface area (Å²) in [4.78, 5) is 11.4. The molecule has 1 fully saturated rings. The second-order valence-corrected chi connectivity index (χ2v) is 4.44. The van der Waals surface area contributed by atoms with Gasteiger partial charge >= 0.3 is 0 Å². The molecule has 0 aliphatic heterocycles. The van der Waals surface area contributed by atoms with Gasteiger partial charge in [-0.3, -0.25) is 4.79 Å². The number of nitrogen functional groups attached to an aromatic ring is 1. The maximum Gasteiger partial charge on any atom is 0.220 e. The van der Waals surface area contributed by atoms with Gasteiger partial charge in [-0.15, -0.1) is 0 Å². The van der Waals surface area contributed by atoms with E-state index in [4.69, 9.17) is 5.73 Å². The summed E-state index contributed by atoms with van der Waals surface area (Å²) < 4.78 is 0. The van der Waals surface area contributed by atoms with Crippen LogP contribution in [0, 0.1) is 0 Å². The minimum absolute atomic E-state index is 0.186. The van der Waals surface area contributed by atoms with Gasteiger partial charge in [0.2, 0.25) is 5.91 Å². The highest BCUT2D eigenvalue weighted by atomic mass is 16.1. The van der Waals surface area contributed by atoms with Crippen LogP contribution in [0.3, 0.4) is 0 Å². The van der Waals surface area contributed by atoms with Crippen molar-refractivity contribution in [2.24, 2.45) is 0 Å². The molecule has 3 nitrogen and oxygen atoms in total. The van der Waals surface area contributed by atoms with Crippen LogP contribution in [0.5, 0.6) is 0 Å². The third-order valence-corrected chi connectivity index (χ3v) is 2.76. The third-order valence-electron chi connectivity index (χ3n) is 2.76. The fourth-order valence-electron chi connectivity index (χ4n) is 1.73. The standard InChI is InChI=1S/C13H18N2O/c14-11-5-1-3-10(9-11)4-2-6-13(16)15-12-7-8-12/h1,3,5,9,12H,2,4,6-8,14H2,(H,15,16). The highest BCUT2D eigenvalue weighted by Crippen LogP contribution is 2.19. The van der Waals surface area contributed by atoms with Crippen molar-refractivity contribution in [2.45, 2.75) is 38.1 Å². The Morgan fingerprint density at radius 2 is 2.25 bits per heavy atom. The number of anilines is 1. The molecule has 1 aliphatic carbocycles. The molecule has 86 valence electrons. The molecule has 0 bridgehead atoms. The van der Waals surface area contributed by atoms with E-state index < -0.39 is 0 Å². The first-order valence-corrected chi connectivity index (χ1v) is 5.88. The van der Waals surface area contributed by atoms with Gasteiger partial charge in [-0.05, 0) is 43.4 Å². The number of carbonyl (C=O) groups excluding carboxylic acids is 1. The number of nitrogens with one attached hydrogen (secondary N) is 1. The fraction of sp³-hybridized carbons (Fsp3) is 0.462. The molecule has 1 aromatic carbocycles. The van der Waals surface area contributed by atoms with Crippen LogP contribution < -0.4 is 11.1 Å². The molecule has 3 N–H and O–H groups in total. The fourth-order valence-corrected chi connectivity index (χ4v) is 1.73. The molecule has 0 saturated heterocycles. The number of aryl methyl sites for hydroxylation is 1. The van der Waals surface area contributed by atoms with E-state index in [0.29, 0.717) is 12.5 Å². The Morgan fingerprint density at radius 1 is 1.44 bits per heavy atom. The quantitative estimate of drug-likeness (QED) is 0.741. The van der Waals surface area contributed by atoms with Crippen molar-refractivity contribution < 1.29 is 4.79 Å². The van der Waals surface area contributed by atoms with Crippen LogP contribution in [0.1, 0.15) is 31.2 Å². The minimum atomic E-state index is 0.186. The van der Waals surface area contributed by atoms with Crippen molar-refractivity contribution in [3.8, 4) is 0 Å². The number of amides is 1. The maximum atomic E-state index is 11.4. The Labute approximate surface area is 96.0 Å². The second-order valence-electron chi connectivity index (χ2n) is 4.44. The lowest BCUT2D eigenvalue weighted by atomic mass is 10.1. The summed E-state index contributed by atoms with van der Waals surface area (Å²) in [5.41, 5.74) is 7.68. The highest BCUT2D eigenvalue weighted by molar-refractivity contribution is 5.76. The van der Waals surface area contributed by atoms with Crippen LogP contribution in [0.15, 0.2) is 24.3 Å². The molecule has 1 aliphatic rings. The first-order valence-electron chi connectivity index (χ1n) is 5.88. The van der Waals surface area contributed by atoms with Crippen molar-refractivity contribution in [3.05, 3.63) is 29.8 Å². The predicted molar refractivity (Wildman–Crippen MR) is 65.0 cm³/mol. The van der Waals surface area contributed by atoms with Gasteiger partial charge in [-0.2, -0.15) is 0 Å². The van der Waals surface area contributed by atoms with E-state index in [0.717, 1.165) is 31.4 Å². The summed E-state index contributed by atoms with van der Waals surface area (Å²) in [7, 11) is 0. The lowest BCUT2D eigenvalue weighted by Crippen LogP contribution is -2.24. The number of rotatable bonds is 5. The average Bonchev–Trinajstić information content (AvgIpc) is 3.02. The zero-order valence-electron chi connectivity index (χ0n) is 9.41. The monoisotopic (exact) mass is 218 g/mol. The van der Waals surface area contributed by atoms with E-state index in [1.54, 1.807) is 0 Å². The van der Waals surface area contributed by atoms with Gasteiger partial charge < -0.3 is 11.1 Å². The molecule has 0 spiro atoms. The molecule has 0 radical (unpaired) electrons. The summed E-state index contributed by atoms with van der Waals surface area (Å²) >= 11 is 0. The van der Waals surface area contributed by atoms with Crippen molar-refractivity contribution in [1.29, 1.82) is 0 Å². The lowest BCUT2D eigenvalue weighted by Gasteiger charge is -2.04. The van der Waals surface area contributed by atoms with E-state index in [1.807, 2.05) is 18.2 Å². The Bertz CT molecular complexity index is 372. The smallest absolute Gasteiger partial charge is 0.220 e. The number of hydrogen-bond donors (Lipinski definition) is 2. The van der Waals surface area contributed by atoms with Crippen LogP contribution in [-0.4, -0.2) is 11.9 Å². The zero-order valence-corrected chi connectivity index (χ0v) is 9.41. The molecule has 1 aromatic rings. The molecule has 0 unspecified atom stereocenters. The topological polar surface area (TPSA) is 55.1 Å². The first kappa shape index (κ1) is 11.0. The molecule has 0 heterocycles. The van der Waals surface area contributed by atoms with Crippen LogP contribution in [0.2, 0.25) is 0 Å². The van der Waals surface area contributed by atoms with E-state index in [-0.39, 0.29) is 5.91 Å². The SMILES string of the molecule is Nc1cccc(CCCC(=O)NC2CC2)c1. The van der Waals surface area contributed by atoms with Crippen molar-refractivity contribution in [1.82, 2.24) is 5.32 Å². The molecule has 1 saturated carbocycles. The second kappa shape index (κ2) is 5.01. The van der Waals surface area contributed by atoms with Gasteiger partial charge in [0.05, 0.1) is 0 Å². The van der Waals surface area contributed by atoms with Crippen molar-refractivity contribution >= 4 is 11.6 Å². The summed E-state index contributed by atoms with van der Waals surface area (Å²) in [6, 6.07) is 8.33. The lowest BCUT2D eigenvalue weighted by molar-refractivity contribution is -0.121. The predicted octanol–water partition coefficient (Wildman–Crippen LogP) is 1.87. The summed E-state index contributed by atoms with van der Waals surface area (Å²) in [6.45, 7) is 0. The van der Waals surface area contributed by atoms with E-state index in [1.165, 1.54) is 5.56 Å². The normalized spacial score (nSPS) is 14.8. The van der Waals surface area contributed by atoms with Crippen LogP contribution in [0.4, 0.5) is 5.69 Å². The summed E-state index contributed by atoms with van der Waals surface area (Å²) in [5, 5.41) is 2.99. The van der Waals surface area contributed by atoms with Gasteiger partial charge in [0.25, 0.3) is 0 Å². The van der Waals surface area contributed by atoms with Gasteiger partial charge in [0.15, 0.2) is 0 Å². The van der Waals surface area contributed by atoms with E-state index in [9.17, 15) is 4.79 Å². The Morgan fingerprint density at radius 3 is 2.94 bits per heavy atom. The average molecular weight is 218 g/mol. The van der Waals surface area contributed by atoms with Crippen LogP contribution in [0.25, 0.3) is 0 Å². The molecule has 3 heteroatoms. The Hall–Kier alpha value is -1.51. The third kappa shape index (κ3) is 3.57. The Balaban J connectivity index is 1.68. The van der Waals surface area contributed by atoms with Crippen LogP contribution >= 0.6 is 0 Å². The Kier molecular flexibility index (Phi) is 3.44. The molecular weight excluding hydrogens is 200 g/mol. The molecule has 2 rings (SSSR count). The van der Waals surface area contributed by atoms with Crippen molar-refractivity contribution in [2.75, 3.05) is 5.73 Å². The molecule has 1 amide bonds. The molecule has 0 aromatic heterocycles. The van der Waals surface area contributed by atoms with Gasteiger partial charge in [-0.25, -0.2) is 0 Å². The van der Waals surface area contributed by atoms with Crippen LogP contribution in [-0.2, 0) is 11.2 Å².